The molecule has 21 heavy (non-hydrogen) atoms. The summed E-state index contributed by atoms with van der Waals surface area (Å²) in [7, 11) is -3.74. The Bertz CT molecular complexity index is 777. The maximum atomic E-state index is 11.5. The molecule has 0 amide bonds. The number of sulfonamides is 1. The molecule has 0 aliphatic rings. The number of hydrogen-bond acceptors (Lipinski definition) is 3. The molecule has 0 fully saturated rings. The summed E-state index contributed by atoms with van der Waals surface area (Å²) in [6, 6.07) is 10.2. The van der Waals surface area contributed by atoms with Crippen molar-refractivity contribution >= 4 is 38.9 Å². The standard InChI is InChI=1S/C14H14Cl2N2O2S/c1-9-2-5-12(7-14(9)21(17,19)20)18-8-10-3-4-11(15)6-13(10)16/h2-7,18H,8H2,1H3,(H2,17,19,20). The van der Waals surface area contributed by atoms with E-state index in [0.29, 0.717) is 27.8 Å². The monoisotopic (exact) mass is 344 g/mol. The van der Waals surface area contributed by atoms with Gasteiger partial charge in [0.05, 0.1) is 4.90 Å². The summed E-state index contributed by atoms with van der Waals surface area (Å²) >= 11 is 11.9. The van der Waals surface area contributed by atoms with Crippen LogP contribution >= 0.6 is 23.2 Å². The Balaban J connectivity index is 2.21. The number of benzene rings is 2. The van der Waals surface area contributed by atoms with E-state index >= 15 is 0 Å². The lowest BCUT2D eigenvalue weighted by Gasteiger charge is -2.11. The van der Waals surface area contributed by atoms with Crippen LogP contribution in [0.2, 0.25) is 10.0 Å². The van der Waals surface area contributed by atoms with Gasteiger partial charge >= 0.3 is 0 Å². The van der Waals surface area contributed by atoms with E-state index in [1.807, 2.05) is 6.07 Å². The Hall–Kier alpha value is -1.27. The van der Waals surface area contributed by atoms with Crippen LogP contribution in [-0.2, 0) is 16.6 Å². The first-order chi connectivity index (χ1) is 9.77. The first-order valence-electron chi connectivity index (χ1n) is 6.08. The molecule has 0 saturated heterocycles. The average molecular weight is 345 g/mol. The molecule has 0 saturated carbocycles. The molecule has 0 unspecified atom stereocenters. The number of rotatable bonds is 4. The van der Waals surface area contributed by atoms with Crippen molar-refractivity contribution in [3.05, 3.63) is 57.6 Å². The summed E-state index contributed by atoms with van der Waals surface area (Å²) in [5.74, 6) is 0. The highest BCUT2D eigenvalue weighted by atomic mass is 35.5. The zero-order valence-electron chi connectivity index (χ0n) is 11.2. The Kier molecular flexibility index (Phi) is 4.78. The molecule has 112 valence electrons. The van der Waals surface area contributed by atoms with Crippen LogP contribution in [0.15, 0.2) is 41.3 Å². The number of halogens is 2. The van der Waals surface area contributed by atoms with Gasteiger partial charge in [-0.15, -0.1) is 0 Å². The van der Waals surface area contributed by atoms with Crippen molar-refractivity contribution in [1.29, 1.82) is 0 Å². The molecule has 2 aromatic rings. The van der Waals surface area contributed by atoms with Gasteiger partial charge in [-0.25, -0.2) is 13.6 Å². The molecule has 4 nitrogen and oxygen atoms in total. The molecule has 7 heteroatoms. The van der Waals surface area contributed by atoms with E-state index in [0.717, 1.165) is 5.56 Å². The van der Waals surface area contributed by atoms with Crippen molar-refractivity contribution in [2.75, 3.05) is 5.32 Å². The van der Waals surface area contributed by atoms with Gasteiger partial charge in [-0.1, -0.05) is 35.3 Å². The minimum Gasteiger partial charge on any atom is -0.381 e. The lowest BCUT2D eigenvalue weighted by molar-refractivity contribution is 0.597. The summed E-state index contributed by atoms with van der Waals surface area (Å²) in [4.78, 5) is 0.106. The second-order valence-corrected chi connectivity index (χ2v) is 6.99. The van der Waals surface area contributed by atoms with Crippen LogP contribution in [0.4, 0.5) is 5.69 Å². The molecule has 2 rings (SSSR count). The van der Waals surface area contributed by atoms with Crippen LogP contribution in [0.1, 0.15) is 11.1 Å². The fourth-order valence-electron chi connectivity index (χ4n) is 1.88. The number of nitrogens with one attached hydrogen (secondary N) is 1. The quantitative estimate of drug-likeness (QED) is 0.890. The van der Waals surface area contributed by atoms with E-state index in [-0.39, 0.29) is 4.90 Å². The van der Waals surface area contributed by atoms with Gasteiger partial charge in [-0.2, -0.15) is 0 Å². The highest BCUT2D eigenvalue weighted by Crippen LogP contribution is 2.23. The second-order valence-electron chi connectivity index (χ2n) is 4.61. The molecule has 0 atom stereocenters. The van der Waals surface area contributed by atoms with Crippen LogP contribution in [0, 0.1) is 6.92 Å². The molecule has 0 aliphatic carbocycles. The SMILES string of the molecule is Cc1ccc(NCc2ccc(Cl)cc2Cl)cc1S(N)(=O)=O. The molecule has 0 heterocycles. The number of hydrogen-bond donors (Lipinski definition) is 2. The largest absolute Gasteiger partial charge is 0.381 e. The number of anilines is 1. The van der Waals surface area contributed by atoms with Crippen LogP contribution in [0.5, 0.6) is 0 Å². The third-order valence-corrected chi connectivity index (χ3v) is 4.63. The van der Waals surface area contributed by atoms with Gasteiger partial charge in [0, 0.05) is 22.3 Å². The topological polar surface area (TPSA) is 72.2 Å². The molecular weight excluding hydrogens is 331 g/mol. The minimum atomic E-state index is -3.74. The highest BCUT2D eigenvalue weighted by molar-refractivity contribution is 7.89. The molecule has 0 bridgehead atoms. The van der Waals surface area contributed by atoms with Gasteiger partial charge in [0.25, 0.3) is 0 Å². The number of nitrogens with two attached hydrogens (primary N) is 1. The second kappa shape index (κ2) is 6.23. The van der Waals surface area contributed by atoms with Crippen LogP contribution in [0.25, 0.3) is 0 Å². The van der Waals surface area contributed by atoms with Gasteiger partial charge < -0.3 is 5.32 Å². The summed E-state index contributed by atoms with van der Waals surface area (Å²) in [6.45, 7) is 2.14. The molecule has 0 aromatic heterocycles. The van der Waals surface area contributed by atoms with E-state index < -0.39 is 10.0 Å². The lowest BCUT2D eigenvalue weighted by Crippen LogP contribution is -2.14. The van der Waals surface area contributed by atoms with Crippen molar-refractivity contribution in [2.24, 2.45) is 5.14 Å². The van der Waals surface area contributed by atoms with Crippen LogP contribution in [-0.4, -0.2) is 8.42 Å². The zero-order chi connectivity index (χ0) is 15.6. The van der Waals surface area contributed by atoms with E-state index in [1.165, 1.54) is 6.07 Å². The summed E-state index contributed by atoms with van der Waals surface area (Å²) in [5, 5.41) is 9.41. The Morgan fingerprint density at radius 1 is 1.14 bits per heavy atom. The Morgan fingerprint density at radius 2 is 1.86 bits per heavy atom. The number of primary sulfonamides is 1. The molecule has 0 spiro atoms. The maximum absolute atomic E-state index is 11.5. The van der Waals surface area contributed by atoms with Gasteiger partial charge in [0.15, 0.2) is 0 Å². The smallest absolute Gasteiger partial charge is 0.238 e. The maximum Gasteiger partial charge on any atom is 0.238 e. The van der Waals surface area contributed by atoms with Crippen molar-refractivity contribution in [2.45, 2.75) is 18.4 Å². The van der Waals surface area contributed by atoms with Crippen molar-refractivity contribution in [3.63, 3.8) is 0 Å². The van der Waals surface area contributed by atoms with Gasteiger partial charge in [-0.05, 0) is 42.3 Å². The summed E-state index contributed by atoms with van der Waals surface area (Å²) < 4.78 is 23.0. The van der Waals surface area contributed by atoms with Crippen LogP contribution in [0.3, 0.4) is 0 Å². The molecule has 3 N–H and O–H groups in total. The van der Waals surface area contributed by atoms with E-state index in [2.05, 4.69) is 5.32 Å². The normalized spacial score (nSPS) is 11.4. The van der Waals surface area contributed by atoms with Gasteiger partial charge in [0.1, 0.15) is 0 Å². The predicted molar refractivity (Wildman–Crippen MR) is 86.3 cm³/mol. The van der Waals surface area contributed by atoms with Crippen molar-refractivity contribution in [1.82, 2.24) is 0 Å². The Labute approximate surface area is 133 Å². The first-order valence-corrected chi connectivity index (χ1v) is 8.39. The van der Waals surface area contributed by atoms with E-state index in [4.69, 9.17) is 28.3 Å². The van der Waals surface area contributed by atoms with Crippen LogP contribution < -0.4 is 10.5 Å². The fourth-order valence-corrected chi connectivity index (χ4v) is 3.16. The summed E-state index contributed by atoms with van der Waals surface area (Å²) in [5.41, 5.74) is 2.11. The third-order valence-electron chi connectivity index (χ3n) is 2.99. The van der Waals surface area contributed by atoms with Gasteiger partial charge in [0.2, 0.25) is 10.0 Å². The molecule has 0 radical (unpaired) electrons. The van der Waals surface area contributed by atoms with E-state index in [9.17, 15) is 8.42 Å². The lowest BCUT2D eigenvalue weighted by atomic mass is 10.2. The molecular formula is C14H14Cl2N2O2S. The average Bonchev–Trinajstić information content (AvgIpc) is 2.38. The summed E-state index contributed by atoms with van der Waals surface area (Å²) in [6.07, 6.45) is 0. The Morgan fingerprint density at radius 3 is 2.48 bits per heavy atom. The van der Waals surface area contributed by atoms with E-state index in [1.54, 1.807) is 31.2 Å². The zero-order valence-corrected chi connectivity index (χ0v) is 13.6. The third kappa shape index (κ3) is 4.11. The van der Waals surface area contributed by atoms with Crippen molar-refractivity contribution < 1.29 is 8.42 Å². The van der Waals surface area contributed by atoms with Crippen molar-refractivity contribution in [3.8, 4) is 0 Å². The predicted octanol–water partition coefficient (Wildman–Crippen LogP) is 3.56. The molecule has 0 aliphatic heterocycles. The molecule has 2 aromatic carbocycles. The van der Waals surface area contributed by atoms with Gasteiger partial charge in [-0.3, -0.25) is 0 Å². The highest BCUT2D eigenvalue weighted by Gasteiger charge is 2.12. The fraction of sp³-hybridized carbons (Fsp3) is 0.143. The minimum absolute atomic E-state index is 0.106. The number of aryl methyl sites for hydroxylation is 1. The first kappa shape index (κ1) is 16.1.